The Bertz CT molecular complexity index is 440. The second-order valence-electron chi connectivity index (χ2n) is 5.04. The fourth-order valence-corrected chi connectivity index (χ4v) is 2.41. The summed E-state index contributed by atoms with van der Waals surface area (Å²) >= 11 is 0. The summed E-state index contributed by atoms with van der Waals surface area (Å²) in [6, 6.07) is 6.92. The number of hydrogen-bond acceptors (Lipinski definition) is 2. The minimum atomic E-state index is -0.359. The van der Waals surface area contributed by atoms with Crippen molar-refractivity contribution in [3.63, 3.8) is 0 Å². The van der Waals surface area contributed by atoms with Crippen LogP contribution in [0.1, 0.15) is 25.0 Å². The molecule has 1 fully saturated rings. The van der Waals surface area contributed by atoms with Crippen molar-refractivity contribution in [2.45, 2.75) is 20.4 Å². The lowest BCUT2D eigenvalue weighted by molar-refractivity contribution is 0.310. The van der Waals surface area contributed by atoms with Gasteiger partial charge in [-0.1, -0.05) is 26.0 Å². The lowest BCUT2D eigenvalue weighted by Gasteiger charge is -2.16. The molecule has 90 valence electrons. The van der Waals surface area contributed by atoms with Gasteiger partial charge in [-0.2, -0.15) is 5.26 Å². The third kappa shape index (κ3) is 2.48. The van der Waals surface area contributed by atoms with Gasteiger partial charge in [0.2, 0.25) is 0 Å². The van der Waals surface area contributed by atoms with E-state index in [0.717, 1.165) is 13.1 Å². The van der Waals surface area contributed by atoms with Crippen molar-refractivity contribution in [1.29, 1.82) is 5.26 Å². The van der Waals surface area contributed by atoms with Gasteiger partial charge in [0.1, 0.15) is 11.9 Å². The second kappa shape index (κ2) is 4.85. The molecule has 1 saturated heterocycles. The van der Waals surface area contributed by atoms with Crippen molar-refractivity contribution in [1.82, 2.24) is 4.90 Å². The first-order valence-electron chi connectivity index (χ1n) is 6.01. The molecule has 0 saturated carbocycles. The summed E-state index contributed by atoms with van der Waals surface area (Å²) in [4.78, 5) is 2.26. The van der Waals surface area contributed by atoms with E-state index < -0.39 is 0 Å². The maximum Gasteiger partial charge on any atom is 0.145 e. The quantitative estimate of drug-likeness (QED) is 0.784. The van der Waals surface area contributed by atoms with Crippen LogP contribution in [0.25, 0.3) is 0 Å². The summed E-state index contributed by atoms with van der Waals surface area (Å²) in [5.41, 5.74) is 0.771. The Hall–Kier alpha value is -1.40. The van der Waals surface area contributed by atoms with Crippen molar-refractivity contribution < 1.29 is 4.39 Å². The molecule has 2 unspecified atom stereocenters. The van der Waals surface area contributed by atoms with E-state index in [-0.39, 0.29) is 11.4 Å². The summed E-state index contributed by atoms with van der Waals surface area (Å²) in [6.07, 6.45) is 0. The highest BCUT2D eigenvalue weighted by Crippen LogP contribution is 2.24. The number of nitriles is 1. The van der Waals surface area contributed by atoms with Crippen LogP contribution in [0.5, 0.6) is 0 Å². The molecular weight excluding hydrogens is 215 g/mol. The standard InChI is InChI=1S/C14H17FN2/c1-10-7-17(8-11(10)2)9-13-5-3-4-12(6-16)14(13)15/h3-5,10-11H,7-9H2,1-2H3. The predicted molar refractivity (Wildman–Crippen MR) is 64.7 cm³/mol. The largest absolute Gasteiger partial charge is 0.298 e. The molecule has 1 aliphatic heterocycles. The smallest absolute Gasteiger partial charge is 0.145 e. The van der Waals surface area contributed by atoms with Crippen molar-refractivity contribution >= 4 is 0 Å². The molecular formula is C14H17FN2. The summed E-state index contributed by atoms with van der Waals surface area (Å²) in [7, 11) is 0. The van der Waals surface area contributed by atoms with Gasteiger partial charge in [-0.15, -0.1) is 0 Å². The molecule has 1 aromatic carbocycles. The third-order valence-electron chi connectivity index (χ3n) is 3.66. The Kier molecular flexibility index (Phi) is 3.44. The second-order valence-corrected chi connectivity index (χ2v) is 5.04. The lowest BCUT2D eigenvalue weighted by atomic mass is 10.0. The van der Waals surface area contributed by atoms with Gasteiger partial charge in [0.25, 0.3) is 0 Å². The zero-order chi connectivity index (χ0) is 12.4. The van der Waals surface area contributed by atoms with Gasteiger partial charge in [-0.3, -0.25) is 4.90 Å². The highest BCUT2D eigenvalue weighted by Gasteiger charge is 2.26. The average Bonchev–Trinajstić information content (AvgIpc) is 2.61. The first kappa shape index (κ1) is 12.1. The van der Waals surface area contributed by atoms with Gasteiger partial charge < -0.3 is 0 Å². The van der Waals surface area contributed by atoms with E-state index in [1.54, 1.807) is 12.1 Å². The average molecular weight is 232 g/mol. The summed E-state index contributed by atoms with van der Waals surface area (Å²) in [5, 5.41) is 8.78. The zero-order valence-corrected chi connectivity index (χ0v) is 10.3. The molecule has 0 radical (unpaired) electrons. The van der Waals surface area contributed by atoms with Gasteiger partial charge in [0.15, 0.2) is 0 Å². The highest BCUT2D eigenvalue weighted by atomic mass is 19.1. The molecule has 0 spiro atoms. The molecule has 0 N–H and O–H groups in total. The fourth-order valence-electron chi connectivity index (χ4n) is 2.41. The van der Waals surface area contributed by atoms with Gasteiger partial charge in [-0.05, 0) is 17.9 Å². The normalized spacial score (nSPS) is 24.8. The number of halogens is 1. The molecule has 1 aliphatic rings. The fraction of sp³-hybridized carbons (Fsp3) is 0.500. The molecule has 2 rings (SSSR count). The molecule has 3 heteroatoms. The van der Waals surface area contributed by atoms with Crippen LogP contribution in [0.4, 0.5) is 4.39 Å². The summed E-state index contributed by atoms with van der Waals surface area (Å²) in [6.45, 7) is 7.09. The topological polar surface area (TPSA) is 27.0 Å². The Balaban J connectivity index is 2.13. The van der Waals surface area contributed by atoms with Crippen LogP contribution in [-0.4, -0.2) is 18.0 Å². The van der Waals surface area contributed by atoms with Crippen LogP contribution >= 0.6 is 0 Å². The van der Waals surface area contributed by atoms with E-state index in [0.29, 0.717) is 23.9 Å². The van der Waals surface area contributed by atoms with Crippen molar-refractivity contribution in [3.05, 3.63) is 35.1 Å². The molecule has 2 atom stereocenters. The molecule has 17 heavy (non-hydrogen) atoms. The summed E-state index contributed by atoms with van der Waals surface area (Å²) in [5.74, 6) is 0.969. The highest BCUT2D eigenvalue weighted by molar-refractivity contribution is 5.34. The molecule has 0 bridgehead atoms. The van der Waals surface area contributed by atoms with Crippen molar-refractivity contribution in [3.8, 4) is 6.07 Å². The van der Waals surface area contributed by atoms with Crippen molar-refractivity contribution in [2.24, 2.45) is 11.8 Å². The van der Waals surface area contributed by atoms with Gasteiger partial charge in [0.05, 0.1) is 5.56 Å². The van der Waals surface area contributed by atoms with E-state index in [2.05, 4.69) is 18.7 Å². The number of benzene rings is 1. The van der Waals surface area contributed by atoms with E-state index in [1.807, 2.05) is 6.07 Å². The van der Waals surface area contributed by atoms with Crippen LogP contribution in [0.2, 0.25) is 0 Å². The van der Waals surface area contributed by atoms with Crippen LogP contribution in [0.15, 0.2) is 18.2 Å². The number of hydrogen-bond donors (Lipinski definition) is 0. The first-order valence-corrected chi connectivity index (χ1v) is 6.01. The zero-order valence-electron chi connectivity index (χ0n) is 10.3. The Morgan fingerprint density at radius 2 is 2.00 bits per heavy atom. The third-order valence-corrected chi connectivity index (χ3v) is 3.66. The predicted octanol–water partition coefficient (Wildman–Crippen LogP) is 2.79. The molecule has 2 nitrogen and oxygen atoms in total. The maximum absolute atomic E-state index is 13.9. The Morgan fingerprint density at radius 3 is 2.59 bits per heavy atom. The van der Waals surface area contributed by atoms with Crippen LogP contribution in [0.3, 0.4) is 0 Å². The minimum absolute atomic E-state index is 0.141. The van der Waals surface area contributed by atoms with Crippen LogP contribution in [-0.2, 0) is 6.54 Å². The Labute approximate surface area is 102 Å². The van der Waals surface area contributed by atoms with Gasteiger partial charge >= 0.3 is 0 Å². The minimum Gasteiger partial charge on any atom is -0.298 e. The first-order chi connectivity index (χ1) is 8.11. The monoisotopic (exact) mass is 232 g/mol. The molecule has 1 aromatic rings. The molecule has 0 aliphatic carbocycles. The Morgan fingerprint density at radius 1 is 1.35 bits per heavy atom. The van der Waals surface area contributed by atoms with Gasteiger partial charge in [0, 0.05) is 25.2 Å². The summed E-state index contributed by atoms with van der Waals surface area (Å²) < 4.78 is 13.9. The van der Waals surface area contributed by atoms with Crippen LogP contribution < -0.4 is 0 Å². The maximum atomic E-state index is 13.9. The SMILES string of the molecule is CC1CN(Cc2cccc(C#N)c2F)CC1C. The number of nitrogens with zero attached hydrogens (tertiary/aromatic N) is 2. The van der Waals surface area contributed by atoms with E-state index in [1.165, 1.54) is 6.07 Å². The van der Waals surface area contributed by atoms with E-state index >= 15 is 0 Å². The van der Waals surface area contributed by atoms with Gasteiger partial charge in [-0.25, -0.2) is 4.39 Å². The molecule has 1 heterocycles. The van der Waals surface area contributed by atoms with E-state index in [9.17, 15) is 4.39 Å². The number of rotatable bonds is 2. The molecule has 0 amide bonds. The lowest BCUT2D eigenvalue weighted by Crippen LogP contribution is -2.21. The molecule has 0 aromatic heterocycles. The number of likely N-dealkylation sites (tertiary alicyclic amines) is 1. The van der Waals surface area contributed by atoms with Crippen molar-refractivity contribution in [2.75, 3.05) is 13.1 Å². The van der Waals surface area contributed by atoms with Crippen LogP contribution in [0, 0.1) is 29.0 Å². The van der Waals surface area contributed by atoms with E-state index in [4.69, 9.17) is 5.26 Å².